The Kier molecular flexibility index (Phi) is 1.35. The molecule has 0 spiro atoms. The van der Waals surface area contributed by atoms with E-state index in [0.717, 1.165) is 18.5 Å². The van der Waals surface area contributed by atoms with Crippen LogP contribution >= 0.6 is 0 Å². The van der Waals surface area contributed by atoms with Crippen molar-refractivity contribution in [3.8, 4) is 0 Å². The second-order valence-corrected chi connectivity index (χ2v) is 3.89. The molecule has 2 aliphatic rings. The first-order chi connectivity index (χ1) is 6.36. The van der Waals surface area contributed by atoms with Crippen LogP contribution in [0.3, 0.4) is 0 Å². The maximum atomic E-state index is 11.6. The van der Waals surface area contributed by atoms with Crippen LogP contribution in [0.25, 0.3) is 0 Å². The lowest BCUT2D eigenvalue weighted by atomic mass is 9.95. The van der Waals surface area contributed by atoms with Crippen LogP contribution in [-0.2, 0) is 6.42 Å². The summed E-state index contributed by atoms with van der Waals surface area (Å²) in [6, 6.07) is 6.59. The number of hydrogen-bond donors (Lipinski definition) is 1. The zero-order valence-electron chi connectivity index (χ0n) is 7.42. The predicted molar refractivity (Wildman–Crippen MR) is 48.6 cm³/mol. The maximum Gasteiger partial charge on any atom is 0.169 e. The fourth-order valence-electron chi connectivity index (χ4n) is 2.57. The molecule has 2 nitrogen and oxygen atoms in total. The van der Waals surface area contributed by atoms with Crippen molar-refractivity contribution in [2.75, 3.05) is 6.54 Å². The smallest absolute Gasteiger partial charge is 0.169 e. The highest BCUT2D eigenvalue weighted by atomic mass is 16.1. The molecule has 66 valence electrons. The van der Waals surface area contributed by atoms with Crippen LogP contribution in [0.1, 0.15) is 33.9 Å². The molecule has 1 aliphatic carbocycles. The fraction of sp³-hybridized carbons (Fsp3) is 0.364. The molecule has 0 saturated heterocycles. The number of hydrogen-bond acceptors (Lipinski definition) is 1. The molecule has 13 heavy (non-hydrogen) atoms. The molecule has 1 aliphatic heterocycles. The van der Waals surface area contributed by atoms with E-state index in [0.29, 0.717) is 18.2 Å². The first kappa shape index (κ1) is 7.27. The van der Waals surface area contributed by atoms with Gasteiger partial charge in [0.2, 0.25) is 0 Å². The number of quaternary nitrogens is 1. The van der Waals surface area contributed by atoms with Crippen molar-refractivity contribution < 1.29 is 10.1 Å². The number of ketones is 1. The first-order valence-corrected chi connectivity index (χ1v) is 4.84. The molecule has 0 saturated carbocycles. The molecule has 0 fully saturated rings. The van der Waals surface area contributed by atoms with Crippen LogP contribution in [0, 0.1) is 0 Å². The Labute approximate surface area is 77.0 Å². The molecule has 3 rings (SSSR count). The van der Waals surface area contributed by atoms with Crippen molar-refractivity contribution in [1.82, 2.24) is 0 Å². The molecule has 0 bridgehead atoms. The van der Waals surface area contributed by atoms with Gasteiger partial charge >= 0.3 is 0 Å². The summed E-state index contributed by atoms with van der Waals surface area (Å²) in [4.78, 5) is 11.6. The van der Waals surface area contributed by atoms with Gasteiger partial charge in [-0.3, -0.25) is 4.79 Å². The van der Waals surface area contributed by atoms with Crippen molar-refractivity contribution in [3.05, 3.63) is 34.9 Å². The third-order valence-electron chi connectivity index (χ3n) is 3.14. The number of nitrogens with two attached hydrogens (primary N) is 1. The van der Waals surface area contributed by atoms with Gasteiger partial charge < -0.3 is 5.32 Å². The highest BCUT2D eigenvalue weighted by Gasteiger charge is 2.35. The molecule has 0 amide bonds. The van der Waals surface area contributed by atoms with Crippen LogP contribution in [0.15, 0.2) is 18.2 Å². The number of rotatable bonds is 0. The molecule has 1 atom stereocenters. The van der Waals surface area contributed by atoms with Crippen molar-refractivity contribution in [2.45, 2.75) is 18.9 Å². The standard InChI is InChI=1S/C11H11NO/c13-10-6-9-11-7(4-5-12-9)2-1-3-8(10)11/h1-3,9,12H,4-6H2/p+1/t9-/m1/s1. The van der Waals surface area contributed by atoms with Gasteiger partial charge in [-0.05, 0) is 5.56 Å². The Morgan fingerprint density at radius 3 is 3.23 bits per heavy atom. The summed E-state index contributed by atoms with van der Waals surface area (Å²) in [7, 11) is 0. The average Bonchev–Trinajstić information content (AvgIpc) is 2.47. The van der Waals surface area contributed by atoms with Crippen LogP contribution in [0.4, 0.5) is 0 Å². The summed E-state index contributed by atoms with van der Waals surface area (Å²) in [5.41, 5.74) is 3.72. The summed E-state index contributed by atoms with van der Waals surface area (Å²) >= 11 is 0. The second kappa shape index (κ2) is 2.42. The van der Waals surface area contributed by atoms with Gasteiger partial charge in [0, 0.05) is 17.5 Å². The summed E-state index contributed by atoms with van der Waals surface area (Å²) < 4.78 is 0. The summed E-state index contributed by atoms with van der Waals surface area (Å²) in [5, 5.41) is 2.30. The van der Waals surface area contributed by atoms with Gasteiger partial charge in [0.15, 0.2) is 5.78 Å². The molecular formula is C11H12NO+. The third kappa shape index (κ3) is 0.893. The number of benzene rings is 1. The van der Waals surface area contributed by atoms with Crippen molar-refractivity contribution in [3.63, 3.8) is 0 Å². The highest BCUT2D eigenvalue weighted by Crippen LogP contribution is 2.32. The van der Waals surface area contributed by atoms with E-state index in [1.165, 1.54) is 11.1 Å². The zero-order chi connectivity index (χ0) is 8.84. The van der Waals surface area contributed by atoms with Crippen LogP contribution in [0.5, 0.6) is 0 Å². The molecule has 1 heterocycles. The van der Waals surface area contributed by atoms with Gasteiger partial charge in [-0.25, -0.2) is 0 Å². The lowest BCUT2D eigenvalue weighted by Crippen LogP contribution is -2.86. The lowest BCUT2D eigenvalue weighted by Gasteiger charge is -2.18. The minimum atomic E-state index is 0.333. The summed E-state index contributed by atoms with van der Waals surface area (Å²) in [6.07, 6.45) is 1.83. The van der Waals surface area contributed by atoms with Crippen molar-refractivity contribution >= 4 is 5.78 Å². The molecule has 0 radical (unpaired) electrons. The Balaban J connectivity index is 2.28. The van der Waals surface area contributed by atoms with E-state index >= 15 is 0 Å². The van der Waals surface area contributed by atoms with Crippen molar-refractivity contribution in [1.29, 1.82) is 0 Å². The maximum absolute atomic E-state index is 11.6. The van der Waals surface area contributed by atoms with Gasteiger partial charge in [0.25, 0.3) is 0 Å². The first-order valence-electron chi connectivity index (χ1n) is 4.84. The lowest BCUT2D eigenvalue weighted by molar-refractivity contribution is -0.697. The summed E-state index contributed by atoms with van der Waals surface area (Å²) in [6.45, 7) is 1.13. The van der Waals surface area contributed by atoms with Crippen LogP contribution in [0.2, 0.25) is 0 Å². The van der Waals surface area contributed by atoms with Crippen LogP contribution < -0.4 is 5.32 Å². The van der Waals surface area contributed by atoms with E-state index in [4.69, 9.17) is 0 Å². The topological polar surface area (TPSA) is 33.7 Å². The molecule has 1 aromatic rings. The Morgan fingerprint density at radius 1 is 1.38 bits per heavy atom. The van der Waals surface area contributed by atoms with E-state index in [9.17, 15) is 4.79 Å². The molecular weight excluding hydrogens is 162 g/mol. The number of Topliss-reactive ketones (excluding diaryl/α,β-unsaturated/α-hetero) is 1. The van der Waals surface area contributed by atoms with E-state index in [1.54, 1.807) is 0 Å². The molecule has 0 aromatic heterocycles. The average molecular weight is 174 g/mol. The Hall–Kier alpha value is -1.15. The molecule has 0 unspecified atom stereocenters. The quantitative estimate of drug-likeness (QED) is 0.608. The van der Waals surface area contributed by atoms with Crippen LogP contribution in [-0.4, -0.2) is 12.3 Å². The van der Waals surface area contributed by atoms with E-state index in [-0.39, 0.29) is 0 Å². The Morgan fingerprint density at radius 2 is 2.31 bits per heavy atom. The molecule has 1 aromatic carbocycles. The van der Waals surface area contributed by atoms with E-state index < -0.39 is 0 Å². The minimum absolute atomic E-state index is 0.333. The van der Waals surface area contributed by atoms with Gasteiger partial charge in [0.05, 0.1) is 13.0 Å². The van der Waals surface area contributed by atoms with Gasteiger partial charge in [0.1, 0.15) is 6.04 Å². The SMILES string of the molecule is O=C1C[C@H]2[NH2+]CCc3cccc1c32. The number of carbonyl (C=O) groups is 1. The monoisotopic (exact) mass is 174 g/mol. The largest absolute Gasteiger partial charge is 0.339 e. The third-order valence-corrected chi connectivity index (χ3v) is 3.14. The Bertz CT molecular complexity index is 384. The second-order valence-electron chi connectivity index (χ2n) is 3.89. The predicted octanol–water partition coefficient (Wildman–Crippen LogP) is 0.434. The van der Waals surface area contributed by atoms with E-state index in [2.05, 4.69) is 11.4 Å². The van der Waals surface area contributed by atoms with Gasteiger partial charge in [-0.2, -0.15) is 0 Å². The minimum Gasteiger partial charge on any atom is -0.339 e. The van der Waals surface area contributed by atoms with E-state index in [1.807, 2.05) is 12.1 Å². The van der Waals surface area contributed by atoms with Gasteiger partial charge in [-0.15, -0.1) is 0 Å². The molecule has 2 heteroatoms. The fourth-order valence-corrected chi connectivity index (χ4v) is 2.57. The van der Waals surface area contributed by atoms with Crippen molar-refractivity contribution in [2.24, 2.45) is 0 Å². The summed E-state index contributed by atoms with van der Waals surface area (Å²) in [5.74, 6) is 0.333. The number of carbonyl (C=O) groups excluding carboxylic acids is 1. The zero-order valence-corrected chi connectivity index (χ0v) is 7.42. The normalized spacial score (nSPS) is 24.6. The van der Waals surface area contributed by atoms with Gasteiger partial charge in [-0.1, -0.05) is 18.2 Å². The molecule has 2 N–H and O–H groups in total. The highest BCUT2D eigenvalue weighted by molar-refractivity contribution is 6.01.